The third kappa shape index (κ3) is 3.75. The van der Waals surface area contributed by atoms with Crippen molar-refractivity contribution in [1.29, 1.82) is 0 Å². The molecule has 1 aromatic heterocycles. The fraction of sp³-hybridized carbons (Fsp3) is 0. The molecule has 0 aliphatic heterocycles. The molecule has 1 heteroatoms. The van der Waals surface area contributed by atoms with Gasteiger partial charge in [-0.25, -0.2) is 0 Å². The lowest BCUT2D eigenvalue weighted by molar-refractivity contribution is 0.669. The molecule has 0 N–H and O–H groups in total. The Kier molecular flexibility index (Phi) is 5.29. The summed E-state index contributed by atoms with van der Waals surface area (Å²) in [6.07, 6.45) is 0. The van der Waals surface area contributed by atoms with Gasteiger partial charge < -0.3 is 4.42 Å². The predicted octanol–water partition coefficient (Wildman–Crippen LogP) is 14.4. The zero-order valence-corrected chi connectivity index (χ0v) is 27.6. The number of hydrogen-bond donors (Lipinski definition) is 0. The lowest BCUT2D eigenvalue weighted by Crippen LogP contribution is -1.91. The second-order valence-electron chi connectivity index (χ2n) is 14.0. The maximum Gasteiger partial charge on any atom is 0.136 e. The molecule has 0 radical (unpaired) electrons. The minimum atomic E-state index is 0.903. The minimum absolute atomic E-state index is 0.903. The highest BCUT2D eigenvalue weighted by atomic mass is 16.3. The zero-order valence-electron chi connectivity index (χ0n) is 27.6. The number of furan rings is 1. The monoisotopic (exact) mass is 644 g/mol. The first-order valence-corrected chi connectivity index (χ1v) is 17.7. The van der Waals surface area contributed by atoms with Gasteiger partial charge in [0, 0.05) is 10.8 Å². The number of fused-ring (bicyclic) bond motifs is 8. The van der Waals surface area contributed by atoms with Crippen LogP contribution < -0.4 is 0 Å². The van der Waals surface area contributed by atoms with Crippen molar-refractivity contribution in [2.75, 3.05) is 0 Å². The van der Waals surface area contributed by atoms with E-state index in [4.69, 9.17) is 4.42 Å². The van der Waals surface area contributed by atoms with Crippen molar-refractivity contribution in [3.05, 3.63) is 170 Å². The van der Waals surface area contributed by atoms with Crippen LogP contribution in [0.15, 0.2) is 174 Å². The van der Waals surface area contributed by atoms with E-state index in [-0.39, 0.29) is 0 Å². The Morgan fingerprint density at radius 2 is 0.882 bits per heavy atom. The molecule has 0 saturated heterocycles. The van der Waals surface area contributed by atoms with Gasteiger partial charge in [0.2, 0.25) is 0 Å². The molecule has 0 aliphatic carbocycles. The maximum absolute atomic E-state index is 6.90. The number of rotatable bonds is 2. The molecule has 0 atom stereocenters. The first-order chi connectivity index (χ1) is 25.3. The highest BCUT2D eigenvalue weighted by molar-refractivity contribution is 6.28. The summed E-state index contributed by atoms with van der Waals surface area (Å²) in [5.74, 6) is 0. The van der Waals surface area contributed by atoms with E-state index in [0.29, 0.717) is 0 Å². The summed E-state index contributed by atoms with van der Waals surface area (Å²) >= 11 is 0. The Bertz CT molecular complexity index is 3400. The summed E-state index contributed by atoms with van der Waals surface area (Å²) in [4.78, 5) is 0. The molecule has 0 aliphatic rings. The van der Waals surface area contributed by atoms with Gasteiger partial charge in [-0.05, 0) is 128 Å². The van der Waals surface area contributed by atoms with Gasteiger partial charge in [-0.1, -0.05) is 140 Å². The van der Waals surface area contributed by atoms with Gasteiger partial charge in [0.1, 0.15) is 11.2 Å². The van der Waals surface area contributed by atoms with Crippen molar-refractivity contribution in [2.24, 2.45) is 0 Å². The van der Waals surface area contributed by atoms with Crippen LogP contribution in [0, 0.1) is 0 Å². The molecule has 12 aromatic rings. The predicted molar refractivity (Wildman–Crippen MR) is 218 cm³/mol. The molecule has 0 amide bonds. The van der Waals surface area contributed by atoms with Crippen molar-refractivity contribution < 1.29 is 4.42 Å². The lowest BCUT2D eigenvalue weighted by atomic mass is 9.85. The molecule has 11 aromatic carbocycles. The third-order valence-electron chi connectivity index (χ3n) is 11.3. The maximum atomic E-state index is 6.90. The lowest BCUT2D eigenvalue weighted by Gasteiger charge is -2.17. The van der Waals surface area contributed by atoms with Gasteiger partial charge in [-0.2, -0.15) is 0 Å². The van der Waals surface area contributed by atoms with Crippen molar-refractivity contribution in [2.45, 2.75) is 0 Å². The van der Waals surface area contributed by atoms with Crippen molar-refractivity contribution >= 4 is 97.3 Å². The second kappa shape index (κ2) is 9.94. The van der Waals surface area contributed by atoms with E-state index in [0.717, 1.165) is 27.5 Å². The molecule has 12 rings (SSSR count). The van der Waals surface area contributed by atoms with E-state index in [1.807, 2.05) is 0 Å². The second-order valence-corrected chi connectivity index (χ2v) is 14.0. The SMILES string of the molecule is c1ccc2cc3c(cc2c1)oc1cc(-c2ccc4ccc5cccc6ccc2c4c56)cc(-c2c4ccccc4cc4c2ccc2ccccc24)c13. The third-order valence-corrected chi connectivity index (χ3v) is 11.3. The first kappa shape index (κ1) is 27.2. The molecular formula is C50H28O. The highest BCUT2D eigenvalue weighted by Crippen LogP contribution is 2.48. The minimum Gasteiger partial charge on any atom is -0.456 e. The first-order valence-electron chi connectivity index (χ1n) is 17.7. The quantitative estimate of drug-likeness (QED) is 0.135. The van der Waals surface area contributed by atoms with Crippen molar-refractivity contribution in [1.82, 2.24) is 0 Å². The van der Waals surface area contributed by atoms with Crippen LogP contribution in [0.25, 0.3) is 120 Å². The molecule has 0 bridgehead atoms. The van der Waals surface area contributed by atoms with Gasteiger partial charge in [-0.3, -0.25) is 0 Å². The van der Waals surface area contributed by atoms with Crippen LogP contribution in [0.4, 0.5) is 0 Å². The summed E-state index contributed by atoms with van der Waals surface area (Å²) < 4.78 is 6.90. The Hall–Kier alpha value is -6.70. The number of benzene rings is 11. The standard InChI is InChI=1S/C50H28O/c1-2-10-34-27-45-43(24-33(34)9-1)50-44(49-39-15-6-4-11-35(39)25-42-37-14-5-3-8-29(37)18-22-41(42)49)26-36(28-46(50)51-45)38-21-19-32-17-16-30-12-7-13-31-20-23-40(38)48(32)47(30)31/h1-28H. The van der Waals surface area contributed by atoms with Crippen LogP contribution in [-0.2, 0) is 0 Å². The van der Waals surface area contributed by atoms with Crippen LogP contribution in [0.3, 0.4) is 0 Å². The van der Waals surface area contributed by atoms with Crippen molar-refractivity contribution in [3.63, 3.8) is 0 Å². The molecule has 0 spiro atoms. The van der Waals surface area contributed by atoms with E-state index in [1.165, 1.54) is 92.1 Å². The molecule has 51 heavy (non-hydrogen) atoms. The number of hydrogen-bond acceptors (Lipinski definition) is 1. The van der Waals surface area contributed by atoms with Crippen LogP contribution in [-0.4, -0.2) is 0 Å². The van der Waals surface area contributed by atoms with Crippen molar-refractivity contribution in [3.8, 4) is 22.3 Å². The molecule has 0 unspecified atom stereocenters. The van der Waals surface area contributed by atoms with E-state index >= 15 is 0 Å². The molecular weight excluding hydrogens is 617 g/mol. The average Bonchev–Trinajstić information content (AvgIpc) is 3.55. The molecule has 0 fully saturated rings. The average molecular weight is 645 g/mol. The van der Waals surface area contributed by atoms with Crippen LogP contribution in [0.5, 0.6) is 0 Å². The fourth-order valence-corrected chi connectivity index (χ4v) is 9.04. The van der Waals surface area contributed by atoms with Crippen LogP contribution in [0.1, 0.15) is 0 Å². The van der Waals surface area contributed by atoms with E-state index < -0.39 is 0 Å². The van der Waals surface area contributed by atoms with Crippen LogP contribution >= 0.6 is 0 Å². The van der Waals surface area contributed by atoms with Gasteiger partial charge in [0.15, 0.2) is 0 Å². The van der Waals surface area contributed by atoms with Gasteiger partial charge in [0.25, 0.3) is 0 Å². The smallest absolute Gasteiger partial charge is 0.136 e. The molecule has 234 valence electrons. The van der Waals surface area contributed by atoms with Gasteiger partial charge in [-0.15, -0.1) is 0 Å². The molecule has 1 nitrogen and oxygen atoms in total. The summed E-state index contributed by atoms with van der Waals surface area (Å²) in [6, 6.07) is 62.7. The Labute approximate surface area is 292 Å². The molecule has 1 heterocycles. The summed E-state index contributed by atoms with van der Waals surface area (Å²) in [7, 11) is 0. The Morgan fingerprint density at radius 1 is 0.275 bits per heavy atom. The zero-order chi connectivity index (χ0) is 33.2. The van der Waals surface area contributed by atoms with E-state index in [2.05, 4.69) is 170 Å². The van der Waals surface area contributed by atoms with Gasteiger partial charge in [0.05, 0.1) is 0 Å². The Morgan fingerprint density at radius 3 is 1.73 bits per heavy atom. The van der Waals surface area contributed by atoms with Crippen LogP contribution in [0.2, 0.25) is 0 Å². The van der Waals surface area contributed by atoms with E-state index in [1.54, 1.807) is 0 Å². The summed E-state index contributed by atoms with van der Waals surface area (Å²) in [5.41, 5.74) is 6.62. The summed E-state index contributed by atoms with van der Waals surface area (Å²) in [5, 5.41) is 19.9. The highest BCUT2D eigenvalue weighted by Gasteiger charge is 2.21. The largest absolute Gasteiger partial charge is 0.456 e. The topological polar surface area (TPSA) is 13.1 Å². The normalized spacial score (nSPS) is 12.3. The van der Waals surface area contributed by atoms with E-state index in [9.17, 15) is 0 Å². The fourth-order valence-electron chi connectivity index (χ4n) is 9.04. The summed E-state index contributed by atoms with van der Waals surface area (Å²) in [6.45, 7) is 0. The van der Waals surface area contributed by atoms with Gasteiger partial charge >= 0.3 is 0 Å². The Balaban J connectivity index is 1.27. The molecule has 0 saturated carbocycles.